The summed E-state index contributed by atoms with van der Waals surface area (Å²) in [7, 11) is -20.1. The molecule has 0 saturated carbocycles. The lowest BCUT2D eigenvalue weighted by molar-refractivity contribution is -0.432. The van der Waals surface area contributed by atoms with E-state index in [0.717, 1.165) is 48.5 Å². The Morgan fingerprint density at radius 3 is 1.40 bits per heavy atom. The number of hydrogen-bond donors (Lipinski definition) is 8. The van der Waals surface area contributed by atoms with E-state index in [1.807, 2.05) is 0 Å². The summed E-state index contributed by atoms with van der Waals surface area (Å²) in [5, 5.41) is 28.7. The van der Waals surface area contributed by atoms with Crippen LogP contribution in [0.25, 0.3) is 32.3 Å². The molecule has 60 heavy (non-hydrogen) atoms. The fraction of sp³-hybridized carbons (Fsp3) is 0. The second-order valence-electron chi connectivity index (χ2n) is 12.0. The van der Waals surface area contributed by atoms with E-state index in [4.69, 9.17) is 10.5 Å². The first kappa shape index (κ1) is 44.7. The fourth-order valence-electron chi connectivity index (χ4n) is 5.83. The van der Waals surface area contributed by atoms with Crippen molar-refractivity contribution in [2.75, 3.05) is 10.6 Å². The van der Waals surface area contributed by atoms with Gasteiger partial charge in [0.25, 0.3) is 52.3 Å². The summed E-state index contributed by atoms with van der Waals surface area (Å²) in [5.41, 5.74) is -1.15. The lowest BCUT2D eigenvalue weighted by atomic mass is 10.0. The summed E-state index contributed by atoms with van der Waals surface area (Å²) in [6.07, 6.45) is 0. The van der Waals surface area contributed by atoms with Crippen molar-refractivity contribution in [2.24, 2.45) is 0 Å². The van der Waals surface area contributed by atoms with Gasteiger partial charge in [-0.1, -0.05) is 22.2 Å². The van der Waals surface area contributed by atoms with Crippen LogP contribution >= 0.6 is 24.1 Å². The van der Waals surface area contributed by atoms with Crippen LogP contribution in [0.15, 0.2) is 114 Å². The Morgan fingerprint density at radius 1 is 0.483 bits per heavy atom. The molecule has 0 aliphatic heterocycles. The molecule has 0 radical (unpaired) electrons. The molecule has 0 heterocycles. The van der Waals surface area contributed by atoms with E-state index in [2.05, 4.69) is 29.4 Å². The van der Waals surface area contributed by atoms with Crippen LogP contribution in [0.2, 0.25) is 0 Å². The highest BCUT2D eigenvalue weighted by atomic mass is 32.2. The second kappa shape index (κ2) is 16.9. The summed E-state index contributed by atoms with van der Waals surface area (Å²) in [4.78, 5) is 23.7. The molecular formula is C32H22N2O20S6. The van der Waals surface area contributed by atoms with E-state index in [-0.39, 0.29) is 72.2 Å². The predicted molar refractivity (Wildman–Crippen MR) is 208 cm³/mol. The molecule has 0 fully saturated rings. The minimum absolute atomic E-state index is 0.116. The van der Waals surface area contributed by atoms with Gasteiger partial charge in [-0.15, -0.1) is 8.67 Å². The van der Waals surface area contributed by atoms with Crippen LogP contribution < -0.4 is 10.6 Å². The van der Waals surface area contributed by atoms with Crippen LogP contribution in [0.5, 0.6) is 0 Å². The quantitative estimate of drug-likeness (QED) is 0.0289. The minimum Gasteiger partial charge on any atom is -0.321 e. The summed E-state index contributed by atoms with van der Waals surface area (Å²) in [6.45, 7) is 0. The van der Waals surface area contributed by atoms with Crippen LogP contribution in [0, 0.1) is 0 Å². The Labute approximate surface area is 345 Å². The molecule has 6 aromatic carbocycles. The van der Waals surface area contributed by atoms with Crippen molar-refractivity contribution in [1.29, 1.82) is 0 Å². The molecule has 316 valence electrons. The molecule has 0 aromatic heterocycles. The molecule has 22 nitrogen and oxygen atoms in total. The van der Waals surface area contributed by atoms with Gasteiger partial charge in [0.05, 0.1) is 50.1 Å². The van der Waals surface area contributed by atoms with Crippen LogP contribution in [-0.2, 0) is 59.2 Å². The monoisotopic (exact) mass is 946 g/mol. The average molecular weight is 947 g/mol. The first-order valence-electron chi connectivity index (χ1n) is 15.6. The van der Waals surface area contributed by atoms with Crippen molar-refractivity contribution >= 4 is 120 Å². The minimum atomic E-state index is -5.12. The molecule has 0 aliphatic carbocycles. The SMILES string of the molecule is O=C(Nc1cc(S(=O)(=O)O)cc2cc(S(=O)(=O)O)cc(SOOO)c12)c1ccc2ccc(C(=O)Nc3cc(S(=O)(=O)O)cc4cc(SOOO)cc(S(=O)(=O)O)c34)cc2c1. The number of amides is 2. The third-order valence-corrected chi connectivity index (χ3v) is 12.8. The number of benzene rings is 6. The zero-order chi connectivity index (χ0) is 43.9. The van der Waals surface area contributed by atoms with Gasteiger partial charge in [-0.3, -0.25) is 27.8 Å². The largest absolute Gasteiger partial charge is 0.321 e. The van der Waals surface area contributed by atoms with Gasteiger partial charge in [0.15, 0.2) is 0 Å². The molecule has 0 unspecified atom stereocenters. The summed E-state index contributed by atoms with van der Waals surface area (Å²) in [5.74, 6) is -1.93. The van der Waals surface area contributed by atoms with Gasteiger partial charge >= 0.3 is 0 Å². The smallest absolute Gasteiger partial charge is 0.295 e. The molecule has 28 heteroatoms. The lowest BCUT2D eigenvalue weighted by Crippen LogP contribution is -2.14. The number of hydrogen-bond acceptors (Lipinski definition) is 18. The lowest BCUT2D eigenvalue weighted by Gasteiger charge is -2.15. The van der Waals surface area contributed by atoms with Crippen LogP contribution in [0.1, 0.15) is 20.7 Å². The molecule has 0 atom stereocenters. The Morgan fingerprint density at radius 2 is 0.933 bits per heavy atom. The number of rotatable bonds is 14. The third-order valence-electron chi connectivity index (χ3n) is 8.27. The van der Waals surface area contributed by atoms with E-state index in [9.17, 15) is 61.5 Å². The van der Waals surface area contributed by atoms with Crippen molar-refractivity contribution in [1.82, 2.24) is 0 Å². The first-order chi connectivity index (χ1) is 28.0. The zero-order valence-electron chi connectivity index (χ0n) is 28.9. The Bertz CT molecular complexity index is 3230. The topological polar surface area (TPSA) is 353 Å². The molecule has 0 aliphatic rings. The highest BCUT2D eigenvalue weighted by Gasteiger charge is 2.25. The average Bonchev–Trinajstić information content (AvgIpc) is 3.16. The van der Waals surface area contributed by atoms with Crippen LogP contribution in [0.4, 0.5) is 11.4 Å². The van der Waals surface area contributed by atoms with Crippen LogP contribution in [0.3, 0.4) is 0 Å². The summed E-state index contributed by atoms with van der Waals surface area (Å²) < 4.78 is 146. The normalized spacial score (nSPS) is 12.6. The van der Waals surface area contributed by atoms with E-state index >= 15 is 0 Å². The molecule has 0 saturated heterocycles. The van der Waals surface area contributed by atoms with E-state index in [0.29, 0.717) is 5.39 Å². The number of anilines is 2. The Balaban J connectivity index is 1.41. The highest BCUT2D eigenvalue weighted by molar-refractivity contribution is 7.95. The number of fused-ring (bicyclic) bond motifs is 3. The maximum absolute atomic E-state index is 13.7. The van der Waals surface area contributed by atoms with Gasteiger partial charge in [-0.25, -0.2) is 10.5 Å². The standard InChI is InChI=1S/C32H22N2O20S6/c35-31(33-25-12-23(58(42,43)44)9-20-10-24(59(45,46)47)14-27(29(20)25)56-54-52-38)16-3-1-15-2-4-17(6-18(15)5-16)32(36)34-26-13-22(57(39,40)41)8-19-7-21(55-53-51-37)11-28(30(19)26)60(48,49)50/h1-14,37-38H,(H,33,35)(H,34,36)(H,39,40,41)(H,42,43,44)(H,45,46,47)(H,48,49,50). The molecule has 0 bridgehead atoms. The number of nitrogens with one attached hydrogen (secondary N) is 2. The molecule has 8 N–H and O–H groups in total. The van der Waals surface area contributed by atoms with Gasteiger partial charge in [0.1, 0.15) is 4.90 Å². The second-order valence-corrected chi connectivity index (χ2v) is 19.2. The molecule has 0 spiro atoms. The van der Waals surface area contributed by atoms with Gasteiger partial charge in [-0.05, 0) is 94.3 Å². The molecular weight excluding hydrogens is 925 g/mol. The predicted octanol–water partition coefficient (Wildman–Crippen LogP) is 5.49. The molecule has 6 aromatic rings. The van der Waals surface area contributed by atoms with Crippen molar-refractivity contribution < 1.29 is 90.7 Å². The molecule has 6 rings (SSSR count). The third kappa shape index (κ3) is 9.84. The first-order valence-corrected chi connectivity index (χ1v) is 22.8. The summed E-state index contributed by atoms with van der Waals surface area (Å²) >= 11 is 0.442. The van der Waals surface area contributed by atoms with E-state index < -0.39 is 82.9 Å². The van der Waals surface area contributed by atoms with Gasteiger partial charge in [0.2, 0.25) is 0 Å². The van der Waals surface area contributed by atoms with Crippen molar-refractivity contribution in [3.63, 3.8) is 0 Å². The summed E-state index contributed by atoms with van der Waals surface area (Å²) in [6, 6.07) is 14.9. The van der Waals surface area contributed by atoms with Crippen molar-refractivity contribution in [2.45, 2.75) is 29.4 Å². The van der Waals surface area contributed by atoms with E-state index in [1.165, 1.54) is 36.4 Å². The Hall–Kier alpha value is -4.86. The van der Waals surface area contributed by atoms with Gasteiger partial charge in [0, 0.05) is 31.7 Å². The van der Waals surface area contributed by atoms with Crippen molar-refractivity contribution in [3.8, 4) is 0 Å². The number of carbonyl (C=O) groups excluding carboxylic acids is 2. The maximum Gasteiger partial charge on any atom is 0.295 e. The van der Waals surface area contributed by atoms with Gasteiger partial charge in [-0.2, -0.15) is 33.7 Å². The highest BCUT2D eigenvalue weighted by Crippen LogP contribution is 2.40. The van der Waals surface area contributed by atoms with Crippen molar-refractivity contribution in [3.05, 3.63) is 96.1 Å². The number of carbonyl (C=O) groups is 2. The maximum atomic E-state index is 13.7. The van der Waals surface area contributed by atoms with E-state index in [1.54, 1.807) is 0 Å². The van der Waals surface area contributed by atoms with Gasteiger partial charge < -0.3 is 10.6 Å². The fourth-order valence-corrected chi connectivity index (χ4v) is 9.41. The Kier molecular flexibility index (Phi) is 12.6. The zero-order valence-corrected chi connectivity index (χ0v) is 33.8. The molecule has 2 amide bonds. The van der Waals surface area contributed by atoms with Crippen LogP contribution in [-0.4, -0.2) is 74.2 Å².